The fourth-order valence-corrected chi connectivity index (χ4v) is 3.88. The molecule has 0 saturated heterocycles. The number of halogens is 5. The monoisotopic (exact) mass is 466 g/mol. The molecular weight excluding hydrogens is 447 g/mol. The number of nitrogens with one attached hydrogen (secondary N) is 1. The highest BCUT2D eigenvalue weighted by atomic mass is 19.4. The summed E-state index contributed by atoms with van der Waals surface area (Å²) >= 11 is 0. The van der Waals surface area contributed by atoms with Crippen LogP contribution in [0, 0.1) is 11.6 Å². The van der Waals surface area contributed by atoms with Crippen molar-refractivity contribution in [2.24, 2.45) is 0 Å². The van der Waals surface area contributed by atoms with Crippen molar-refractivity contribution in [3.63, 3.8) is 0 Å². The number of aromatic nitrogens is 1. The second-order valence-corrected chi connectivity index (χ2v) is 7.87. The van der Waals surface area contributed by atoms with Crippen LogP contribution in [0.25, 0.3) is 10.8 Å². The summed E-state index contributed by atoms with van der Waals surface area (Å²) in [5.74, 6) is -2.52. The molecule has 0 unspecified atom stereocenters. The van der Waals surface area contributed by atoms with Gasteiger partial charge in [0.1, 0.15) is 23.5 Å². The van der Waals surface area contributed by atoms with Crippen molar-refractivity contribution in [2.45, 2.75) is 44.2 Å². The fourth-order valence-electron chi connectivity index (χ4n) is 3.88. The van der Waals surface area contributed by atoms with Gasteiger partial charge in [-0.05, 0) is 41.3 Å². The number of rotatable bonds is 6. The molecule has 2 N–H and O–H groups in total. The van der Waals surface area contributed by atoms with E-state index in [1.807, 2.05) is 0 Å². The maximum absolute atomic E-state index is 14.6. The third kappa shape index (κ3) is 4.90. The van der Waals surface area contributed by atoms with E-state index in [0.717, 1.165) is 6.07 Å². The second-order valence-electron chi connectivity index (χ2n) is 7.87. The predicted molar refractivity (Wildman–Crippen MR) is 108 cm³/mol. The van der Waals surface area contributed by atoms with Crippen LogP contribution in [0.15, 0.2) is 42.7 Å². The Hall–Kier alpha value is -3.27. The third-order valence-corrected chi connectivity index (χ3v) is 5.59. The van der Waals surface area contributed by atoms with Crippen molar-refractivity contribution < 1.29 is 36.6 Å². The number of nitrogens with zero attached hydrogens (tertiary/aromatic N) is 1. The number of hydrogen-bond acceptors (Lipinski definition) is 4. The van der Waals surface area contributed by atoms with E-state index in [1.165, 1.54) is 18.5 Å². The highest BCUT2D eigenvalue weighted by Crippen LogP contribution is 2.35. The van der Waals surface area contributed by atoms with E-state index in [9.17, 15) is 31.9 Å². The number of benzene rings is 2. The van der Waals surface area contributed by atoms with Gasteiger partial charge in [-0.1, -0.05) is 0 Å². The summed E-state index contributed by atoms with van der Waals surface area (Å²) in [5.41, 5.74) is -0.853. The van der Waals surface area contributed by atoms with Crippen LogP contribution in [0.2, 0.25) is 0 Å². The molecule has 1 saturated carbocycles. The number of hydrogen-bond donors (Lipinski definition) is 2. The summed E-state index contributed by atoms with van der Waals surface area (Å²) in [5, 5.41) is 13.2. The van der Waals surface area contributed by atoms with Crippen LogP contribution >= 0.6 is 0 Å². The summed E-state index contributed by atoms with van der Waals surface area (Å²) in [6, 6.07) is 4.91. The minimum Gasteiger partial charge on any atom is -0.490 e. The van der Waals surface area contributed by atoms with Crippen molar-refractivity contribution in [1.82, 2.24) is 10.3 Å². The number of pyridine rings is 1. The fraction of sp³-hybridized carbons (Fsp3) is 0.304. The third-order valence-electron chi connectivity index (χ3n) is 5.59. The molecule has 10 heteroatoms. The number of alkyl halides is 3. The molecule has 33 heavy (non-hydrogen) atoms. The first-order valence-electron chi connectivity index (χ1n) is 10.1. The van der Waals surface area contributed by atoms with Crippen LogP contribution in [-0.2, 0) is 24.0 Å². The van der Waals surface area contributed by atoms with Gasteiger partial charge in [-0.25, -0.2) is 8.78 Å². The van der Waals surface area contributed by atoms with Crippen molar-refractivity contribution in [1.29, 1.82) is 0 Å². The second kappa shape index (κ2) is 8.93. The van der Waals surface area contributed by atoms with Gasteiger partial charge in [0.2, 0.25) is 5.91 Å². The van der Waals surface area contributed by atoms with Crippen molar-refractivity contribution >= 4 is 16.7 Å². The summed E-state index contributed by atoms with van der Waals surface area (Å²) in [7, 11) is 0. The van der Waals surface area contributed by atoms with Gasteiger partial charge >= 0.3 is 6.18 Å². The van der Waals surface area contributed by atoms with Crippen LogP contribution < -0.4 is 10.1 Å². The Morgan fingerprint density at radius 1 is 1.12 bits per heavy atom. The van der Waals surface area contributed by atoms with Crippen LogP contribution in [0.1, 0.15) is 29.5 Å². The lowest BCUT2D eigenvalue weighted by molar-refractivity contribution is -0.140. The van der Waals surface area contributed by atoms with Crippen LogP contribution in [-0.4, -0.2) is 28.1 Å². The maximum Gasteiger partial charge on any atom is 0.419 e. The average Bonchev–Trinajstić information content (AvgIpc) is 2.74. The van der Waals surface area contributed by atoms with Crippen LogP contribution in [0.4, 0.5) is 22.0 Å². The summed E-state index contributed by atoms with van der Waals surface area (Å²) in [4.78, 5) is 16.5. The number of ether oxygens (including phenoxy) is 1. The van der Waals surface area contributed by atoms with Gasteiger partial charge in [-0.3, -0.25) is 9.78 Å². The van der Waals surface area contributed by atoms with E-state index in [1.54, 1.807) is 6.07 Å². The SMILES string of the molecule is O=C(Cc1c(F)cc(CO)c2cnccc12)NC1CC(Oc2ccc(F)c(C(F)(F)F)c2)C1. The molecule has 5 nitrogen and oxygen atoms in total. The Morgan fingerprint density at radius 2 is 1.88 bits per heavy atom. The lowest BCUT2D eigenvalue weighted by Crippen LogP contribution is -2.49. The smallest absolute Gasteiger partial charge is 0.419 e. The minimum absolute atomic E-state index is 0.107. The molecule has 3 aromatic rings. The summed E-state index contributed by atoms with van der Waals surface area (Å²) in [6.07, 6.45) is -1.83. The van der Waals surface area contributed by atoms with Gasteiger partial charge < -0.3 is 15.2 Å². The average molecular weight is 466 g/mol. The lowest BCUT2D eigenvalue weighted by Gasteiger charge is -2.36. The van der Waals surface area contributed by atoms with Gasteiger partial charge in [0.25, 0.3) is 0 Å². The van der Waals surface area contributed by atoms with E-state index < -0.39 is 35.4 Å². The van der Waals surface area contributed by atoms with Crippen LogP contribution in [0.5, 0.6) is 5.75 Å². The van der Waals surface area contributed by atoms with Gasteiger partial charge in [0, 0.05) is 42.2 Å². The van der Waals surface area contributed by atoms with Gasteiger partial charge in [0.05, 0.1) is 18.6 Å². The molecule has 0 bridgehead atoms. The minimum atomic E-state index is -4.83. The topological polar surface area (TPSA) is 71.5 Å². The van der Waals surface area contributed by atoms with Gasteiger partial charge in [-0.2, -0.15) is 13.2 Å². The molecule has 1 aliphatic carbocycles. The molecule has 1 fully saturated rings. The molecule has 0 spiro atoms. The molecule has 2 aromatic carbocycles. The van der Waals surface area contributed by atoms with Crippen molar-refractivity contribution in [3.05, 3.63) is 71.1 Å². The van der Waals surface area contributed by atoms with E-state index in [4.69, 9.17) is 4.74 Å². The lowest BCUT2D eigenvalue weighted by atomic mass is 9.88. The van der Waals surface area contributed by atoms with Gasteiger partial charge in [-0.15, -0.1) is 0 Å². The number of carbonyl (C=O) groups is 1. The number of fused-ring (bicyclic) bond motifs is 1. The molecule has 1 aromatic heterocycles. The van der Waals surface area contributed by atoms with E-state index >= 15 is 0 Å². The largest absolute Gasteiger partial charge is 0.490 e. The van der Waals surface area contributed by atoms with Crippen molar-refractivity contribution in [3.8, 4) is 5.75 Å². The zero-order valence-corrected chi connectivity index (χ0v) is 17.1. The number of aliphatic hydroxyl groups excluding tert-OH is 1. The summed E-state index contributed by atoms with van der Waals surface area (Å²) in [6.45, 7) is -0.367. The molecule has 1 heterocycles. The molecule has 0 radical (unpaired) electrons. The maximum atomic E-state index is 14.6. The summed E-state index contributed by atoms with van der Waals surface area (Å²) < 4.78 is 71.9. The standard InChI is InChI=1S/C23H19F5N2O3/c24-20-2-1-14(8-19(20)23(26,27)28)33-15-6-13(7-15)30-22(32)9-17-16-3-4-29-10-18(16)12(11-31)5-21(17)25/h1-5,8,10,13,15,31H,6-7,9,11H2,(H,30,32). The molecule has 4 rings (SSSR count). The normalized spacial score (nSPS) is 18.1. The molecule has 0 aliphatic heterocycles. The van der Waals surface area contributed by atoms with Crippen molar-refractivity contribution in [2.75, 3.05) is 0 Å². The number of aliphatic hydroxyl groups is 1. The predicted octanol–water partition coefficient (Wildman–Crippen LogP) is 4.29. The zero-order chi connectivity index (χ0) is 23.8. The number of carbonyl (C=O) groups excluding carboxylic acids is 1. The zero-order valence-electron chi connectivity index (χ0n) is 17.1. The van der Waals surface area contributed by atoms with E-state index in [0.29, 0.717) is 41.3 Å². The highest BCUT2D eigenvalue weighted by molar-refractivity contribution is 5.92. The Morgan fingerprint density at radius 3 is 2.58 bits per heavy atom. The quantitative estimate of drug-likeness (QED) is 0.532. The Bertz CT molecular complexity index is 1190. The first kappa shape index (κ1) is 22.9. The number of amides is 1. The Kier molecular flexibility index (Phi) is 6.20. The van der Waals surface area contributed by atoms with Crippen LogP contribution in [0.3, 0.4) is 0 Å². The first-order chi connectivity index (χ1) is 15.7. The molecule has 1 aliphatic rings. The molecule has 174 valence electrons. The van der Waals surface area contributed by atoms with E-state index in [2.05, 4.69) is 10.3 Å². The Balaban J connectivity index is 1.36. The molecule has 0 atom stereocenters. The highest BCUT2D eigenvalue weighted by Gasteiger charge is 2.36. The Labute approximate surface area is 185 Å². The van der Waals surface area contributed by atoms with Gasteiger partial charge in [0.15, 0.2) is 0 Å². The first-order valence-corrected chi connectivity index (χ1v) is 10.1. The molecular formula is C23H19F5N2O3. The molecule has 1 amide bonds. The van der Waals surface area contributed by atoms with E-state index in [-0.39, 0.29) is 30.4 Å².